The number of nitrogens with zero attached hydrogens (tertiary/aromatic N) is 4. The van der Waals surface area contributed by atoms with Crippen molar-refractivity contribution in [2.24, 2.45) is 0 Å². The normalized spacial score (nSPS) is 11.9. The van der Waals surface area contributed by atoms with Crippen molar-refractivity contribution in [1.29, 1.82) is 0 Å². The highest BCUT2D eigenvalue weighted by Gasteiger charge is 2.21. The summed E-state index contributed by atoms with van der Waals surface area (Å²) < 4.78 is 4.55. The van der Waals surface area contributed by atoms with Crippen molar-refractivity contribution in [2.75, 3.05) is 0 Å². The van der Waals surface area contributed by atoms with Crippen LogP contribution in [0.1, 0.15) is 0 Å². The maximum absolute atomic E-state index is 5.45. The van der Waals surface area contributed by atoms with Crippen LogP contribution in [-0.4, -0.2) is 19.9 Å². The van der Waals surface area contributed by atoms with Crippen molar-refractivity contribution in [3.05, 3.63) is 303 Å². The summed E-state index contributed by atoms with van der Waals surface area (Å²) in [5, 5.41) is 17.2. The Morgan fingerprint density at radius 1 is 0.174 bits per heavy atom. The number of fused-ring (bicyclic) bond motifs is 18. The molecular weight excluding hydrogens is 1150 g/mol. The van der Waals surface area contributed by atoms with Crippen LogP contribution in [0.2, 0.25) is 0 Å². The fraction of sp³-hybridized carbons (Fsp3) is 0. The molecule has 0 radical (unpaired) electrons. The Morgan fingerprint density at radius 3 is 0.989 bits per heavy atom. The summed E-state index contributed by atoms with van der Waals surface area (Å²) in [6, 6.07) is 110. The first kappa shape index (κ1) is 52.4. The van der Waals surface area contributed by atoms with Gasteiger partial charge in [0.1, 0.15) is 0 Å². The third kappa shape index (κ3) is 8.56. The van der Waals surface area contributed by atoms with Crippen molar-refractivity contribution >= 4 is 128 Å². The lowest BCUT2D eigenvalue weighted by molar-refractivity contribution is 1.24. The highest BCUT2D eigenvalue weighted by molar-refractivity contribution is 7.26. The third-order valence-electron chi connectivity index (χ3n) is 18.6. The Balaban J connectivity index is 0.700. The summed E-state index contributed by atoms with van der Waals surface area (Å²) in [6.07, 6.45) is 0. The highest BCUT2D eigenvalue weighted by atomic mass is 32.1. The van der Waals surface area contributed by atoms with Crippen molar-refractivity contribution in [3.8, 4) is 89.8 Å². The molecule has 4 heterocycles. The molecule has 0 amide bonds. The van der Waals surface area contributed by atoms with E-state index in [0.29, 0.717) is 11.6 Å². The molecule has 0 N–H and O–H groups in total. The first-order valence-electron chi connectivity index (χ1n) is 31.2. The quantitative estimate of drug-likeness (QED) is 0.142. The average molecular weight is 1200 g/mol. The summed E-state index contributed by atoms with van der Waals surface area (Å²) in [5.41, 5.74) is 17.1. The zero-order valence-corrected chi connectivity index (χ0v) is 51.1. The molecule has 0 saturated heterocycles. The van der Waals surface area contributed by atoms with Crippen LogP contribution in [0.5, 0.6) is 0 Å². The van der Waals surface area contributed by atoms with Gasteiger partial charge in [-0.1, -0.05) is 249 Å². The molecule has 0 atom stereocenters. The molecule has 0 aliphatic carbocycles. The summed E-state index contributed by atoms with van der Waals surface area (Å²) in [6.45, 7) is 0. The molecule has 0 saturated carbocycles. The monoisotopic (exact) mass is 1200 g/mol. The van der Waals surface area contributed by atoms with E-state index in [0.717, 1.165) is 98.2 Å². The van der Waals surface area contributed by atoms with Crippen LogP contribution < -0.4 is 0 Å². The van der Waals surface area contributed by atoms with E-state index in [1.807, 2.05) is 6.07 Å². The largest absolute Gasteiger partial charge is 0.226 e. The van der Waals surface area contributed by atoms with Gasteiger partial charge in [-0.3, -0.25) is 0 Å². The van der Waals surface area contributed by atoms with Gasteiger partial charge in [-0.2, -0.15) is 0 Å². The lowest BCUT2D eigenvalue weighted by Crippen LogP contribution is -1.94. The molecule has 19 aromatic rings. The summed E-state index contributed by atoms with van der Waals surface area (Å²) in [7, 11) is 0. The molecule has 92 heavy (non-hydrogen) atoms. The lowest BCUT2D eigenvalue weighted by Gasteiger charge is -2.14. The van der Waals surface area contributed by atoms with Crippen molar-refractivity contribution in [2.45, 2.75) is 0 Å². The fourth-order valence-corrected chi connectivity index (χ4v) is 16.5. The third-order valence-corrected chi connectivity index (χ3v) is 21.0. The second kappa shape index (κ2) is 21.0. The minimum atomic E-state index is 0.705. The maximum Gasteiger partial charge on any atom is 0.160 e. The van der Waals surface area contributed by atoms with E-state index < -0.39 is 0 Å². The van der Waals surface area contributed by atoms with E-state index in [-0.39, 0.29) is 0 Å². The molecule has 0 unspecified atom stereocenters. The summed E-state index contributed by atoms with van der Waals surface area (Å²) in [4.78, 5) is 21.5. The van der Waals surface area contributed by atoms with Gasteiger partial charge in [-0.15, -0.1) is 22.7 Å². The zero-order valence-electron chi connectivity index (χ0n) is 49.5. The molecule has 426 valence electrons. The Hall–Kier alpha value is -11.5. The molecule has 6 heteroatoms. The number of rotatable bonds is 8. The van der Waals surface area contributed by atoms with E-state index in [2.05, 4.69) is 297 Å². The van der Waals surface area contributed by atoms with E-state index in [1.165, 1.54) is 85.2 Å². The molecule has 0 fully saturated rings. The minimum absolute atomic E-state index is 0.705. The van der Waals surface area contributed by atoms with Crippen LogP contribution in [0.25, 0.3) is 195 Å². The maximum atomic E-state index is 5.45. The smallest absolute Gasteiger partial charge is 0.160 e. The Bertz CT molecular complexity index is 6230. The van der Waals surface area contributed by atoms with Crippen molar-refractivity contribution < 1.29 is 0 Å². The first-order chi connectivity index (χ1) is 45.6. The van der Waals surface area contributed by atoms with E-state index in [1.54, 1.807) is 22.7 Å². The van der Waals surface area contributed by atoms with Gasteiger partial charge in [0.15, 0.2) is 11.6 Å². The molecule has 19 rings (SSSR count). The zero-order chi connectivity index (χ0) is 60.4. The van der Waals surface area contributed by atoms with Crippen molar-refractivity contribution in [1.82, 2.24) is 19.9 Å². The molecule has 4 aromatic heterocycles. The van der Waals surface area contributed by atoms with Gasteiger partial charge in [0, 0.05) is 42.4 Å². The molecular formula is C86H50N4S2. The highest BCUT2D eigenvalue weighted by Crippen LogP contribution is 2.46. The van der Waals surface area contributed by atoms with E-state index >= 15 is 0 Å². The predicted molar refractivity (Wildman–Crippen MR) is 392 cm³/mol. The van der Waals surface area contributed by atoms with Crippen LogP contribution in [0.15, 0.2) is 303 Å². The number of benzene rings is 15. The van der Waals surface area contributed by atoms with Crippen LogP contribution in [0.4, 0.5) is 0 Å². The van der Waals surface area contributed by atoms with Crippen LogP contribution in [0.3, 0.4) is 0 Å². The Morgan fingerprint density at radius 2 is 0.478 bits per heavy atom. The Kier molecular flexibility index (Phi) is 12.0. The van der Waals surface area contributed by atoms with Gasteiger partial charge in [-0.05, 0) is 164 Å². The van der Waals surface area contributed by atoms with Gasteiger partial charge in [0.25, 0.3) is 0 Å². The van der Waals surface area contributed by atoms with Crippen LogP contribution >= 0.6 is 22.7 Å². The SMILES string of the molecule is c1ccc(-c2nc(-c3cccc(-c4cccc(-c5ccc6c7ccccc7c7ccccc7c6c5)c4)c3)c3sc4ccc(-c5ccc6c7ccccc7c7cc(-c8cccc(-c9nc(-c%10ccccc%10)c%10sc%11ccccc%11c%10n9)c8)ccc7c6c5)cc4c3n2)cc1. The summed E-state index contributed by atoms with van der Waals surface area (Å²) in [5.74, 6) is 1.42. The van der Waals surface area contributed by atoms with E-state index in [4.69, 9.17) is 19.9 Å². The van der Waals surface area contributed by atoms with Gasteiger partial charge < -0.3 is 0 Å². The molecule has 0 aliphatic rings. The van der Waals surface area contributed by atoms with Crippen LogP contribution in [0, 0.1) is 0 Å². The standard InChI is InChI=1S/C86H50N4S2/c1-3-18-51(19-4-1)79-83-81(72-34-13-14-35-77(72)91-83)89-86(87-79)62-27-17-25-56(46-62)58-38-42-71-74(48-58)68-33-12-10-31-66(68)70-41-37-59(49-75(70)71)60-39-43-78-76(50-60)82-84(92-78)80(88-85(90-82)52-20-5-2-6-21-52)61-26-16-24-55(45-61)53-22-15-23-54(44-53)57-36-40-69-65-30-8-7-28-63(65)64-29-9-11-32-67(64)73(69)47-57/h1-50H. The Labute approximate surface area is 537 Å². The number of thiophene rings is 2. The lowest BCUT2D eigenvalue weighted by atomic mass is 9.90. The number of hydrogen-bond donors (Lipinski definition) is 0. The summed E-state index contributed by atoms with van der Waals surface area (Å²) >= 11 is 3.53. The first-order valence-corrected chi connectivity index (χ1v) is 32.8. The topological polar surface area (TPSA) is 51.6 Å². The van der Waals surface area contributed by atoms with Gasteiger partial charge in [0.05, 0.1) is 31.8 Å². The van der Waals surface area contributed by atoms with Gasteiger partial charge >= 0.3 is 0 Å². The minimum Gasteiger partial charge on any atom is -0.226 e. The van der Waals surface area contributed by atoms with Crippen molar-refractivity contribution in [3.63, 3.8) is 0 Å². The molecule has 4 nitrogen and oxygen atoms in total. The molecule has 0 bridgehead atoms. The second-order valence-corrected chi connectivity index (χ2v) is 26.1. The number of aromatic nitrogens is 4. The second-order valence-electron chi connectivity index (χ2n) is 24.0. The van der Waals surface area contributed by atoms with Crippen LogP contribution in [-0.2, 0) is 0 Å². The van der Waals surface area contributed by atoms with Gasteiger partial charge in [-0.25, -0.2) is 19.9 Å². The molecule has 0 spiro atoms. The predicted octanol–water partition coefficient (Wildman–Crippen LogP) is 24.3. The van der Waals surface area contributed by atoms with Gasteiger partial charge in [0.2, 0.25) is 0 Å². The number of hydrogen-bond acceptors (Lipinski definition) is 6. The average Bonchev–Trinajstić information content (AvgIpc) is 0.982. The molecule has 15 aromatic carbocycles. The van der Waals surface area contributed by atoms with E-state index in [9.17, 15) is 0 Å². The molecule has 0 aliphatic heterocycles. The fourth-order valence-electron chi connectivity index (χ4n) is 14.2.